The van der Waals surface area contributed by atoms with Gasteiger partial charge >= 0.3 is 0 Å². The van der Waals surface area contributed by atoms with Gasteiger partial charge in [0.25, 0.3) is 11.5 Å². The number of aryl methyl sites for hydroxylation is 2. The van der Waals surface area contributed by atoms with Crippen LogP contribution in [0.25, 0.3) is 10.9 Å². The van der Waals surface area contributed by atoms with Crippen molar-refractivity contribution in [3.63, 3.8) is 0 Å². The fraction of sp³-hybridized carbons (Fsp3) is 0.278. The summed E-state index contributed by atoms with van der Waals surface area (Å²) in [5, 5.41) is 7.65. The second-order valence-corrected chi connectivity index (χ2v) is 6.20. The maximum absolute atomic E-state index is 12.6. The van der Waals surface area contributed by atoms with Gasteiger partial charge in [0.2, 0.25) is 0 Å². The molecule has 3 aromatic rings. The smallest absolute Gasteiger partial charge is 0.261 e. The van der Waals surface area contributed by atoms with Gasteiger partial charge in [-0.05, 0) is 37.4 Å². The van der Waals surface area contributed by atoms with Gasteiger partial charge in [0, 0.05) is 17.2 Å². The van der Waals surface area contributed by atoms with Crippen LogP contribution in [0, 0.1) is 13.8 Å². The minimum atomic E-state index is -0.272. The average Bonchev–Trinajstić information content (AvgIpc) is 2.91. The van der Waals surface area contributed by atoms with E-state index >= 15 is 0 Å². The Labute approximate surface area is 138 Å². The van der Waals surface area contributed by atoms with Crippen molar-refractivity contribution in [2.45, 2.75) is 33.6 Å². The van der Waals surface area contributed by atoms with E-state index in [0.29, 0.717) is 33.8 Å². The molecule has 2 aromatic heterocycles. The van der Waals surface area contributed by atoms with Crippen LogP contribution in [-0.4, -0.2) is 16.0 Å². The van der Waals surface area contributed by atoms with E-state index in [-0.39, 0.29) is 17.4 Å². The molecule has 0 radical (unpaired) electrons. The first-order valence-electron chi connectivity index (χ1n) is 7.78. The van der Waals surface area contributed by atoms with Crippen molar-refractivity contribution in [2.75, 3.05) is 5.32 Å². The molecule has 2 N–H and O–H groups in total. The molecule has 6 heteroatoms. The molecule has 0 saturated carbocycles. The maximum atomic E-state index is 12.6. The lowest BCUT2D eigenvalue weighted by atomic mass is 10.0. The number of nitrogens with zero attached hydrogens (tertiary/aromatic N) is 1. The molecule has 1 aromatic carbocycles. The van der Waals surface area contributed by atoms with Crippen molar-refractivity contribution in [2.24, 2.45) is 0 Å². The Hall–Kier alpha value is -2.89. The topological polar surface area (TPSA) is 88.0 Å². The van der Waals surface area contributed by atoms with Crippen LogP contribution in [0.1, 0.15) is 47.1 Å². The standard InChI is InChI=1S/C18H19N3O3/c1-9(2)16-15(11(4)21-24-16)18(23)19-13-6-5-12-7-10(3)17(22)20-14(12)8-13/h5-9H,1-4H3,(H,19,23)(H,20,22). The van der Waals surface area contributed by atoms with Gasteiger partial charge in [0.1, 0.15) is 5.56 Å². The first kappa shape index (κ1) is 16.0. The van der Waals surface area contributed by atoms with Crippen molar-refractivity contribution in [1.29, 1.82) is 0 Å². The molecule has 0 unspecified atom stereocenters. The van der Waals surface area contributed by atoms with Crippen LogP contribution >= 0.6 is 0 Å². The third kappa shape index (κ3) is 2.82. The van der Waals surface area contributed by atoms with Gasteiger partial charge < -0.3 is 14.8 Å². The van der Waals surface area contributed by atoms with Crippen LogP contribution < -0.4 is 10.9 Å². The number of H-pyrrole nitrogens is 1. The largest absolute Gasteiger partial charge is 0.360 e. The van der Waals surface area contributed by atoms with E-state index < -0.39 is 0 Å². The molecule has 0 aliphatic carbocycles. The van der Waals surface area contributed by atoms with E-state index in [4.69, 9.17) is 4.52 Å². The van der Waals surface area contributed by atoms with Crippen LogP contribution in [0.4, 0.5) is 5.69 Å². The Morgan fingerprint density at radius 3 is 2.71 bits per heavy atom. The number of hydrogen-bond donors (Lipinski definition) is 2. The maximum Gasteiger partial charge on any atom is 0.261 e. The summed E-state index contributed by atoms with van der Waals surface area (Å²) in [5.74, 6) is 0.351. The summed E-state index contributed by atoms with van der Waals surface area (Å²) in [4.78, 5) is 27.2. The number of carbonyl (C=O) groups is 1. The van der Waals surface area contributed by atoms with Crippen LogP contribution in [-0.2, 0) is 0 Å². The third-order valence-electron chi connectivity index (χ3n) is 3.93. The van der Waals surface area contributed by atoms with E-state index in [1.54, 1.807) is 26.0 Å². The van der Waals surface area contributed by atoms with Crippen LogP contribution in [0.5, 0.6) is 0 Å². The lowest BCUT2D eigenvalue weighted by Gasteiger charge is -2.08. The number of aromatic amines is 1. The average molecular weight is 325 g/mol. The second kappa shape index (κ2) is 5.96. The van der Waals surface area contributed by atoms with E-state index in [2.05, 4.69) is 15.5 Å². The summed E-state index contributed by atoms with van der Waals surface area (Å²) in [5.41, 5.74) is 2.81. The molecule has 0 aliphatic rings. The highest BCUT2D eigenvalue weighted by Gasteiger charge is 2.22. The molecule has 0 fully saturated rings. The number of rotatable bonds is 3. The minimum absolute atomic E-state index is 0.0582. The molecule has 0 saturated heterocycles. The predicted molar refractivity (Wildman–Crippen MR) is 92.6 cm³/mol. The van der Waals surface area contributed by atoms with Crippen LogP contribution in [0.15, 0.2) is 33.6 Å². The number of aromatic nitrogens is 2. The first-order chi connectivity index (χ1) is 11.4. The molecule has 0 bridgehead atoms. The van der Waals surface area contributed by atoms with Gasteiger partial charge in [-0.15, -0.1) is 0 Å². The van der Waals surface area contributed by atoms with Crippen molar-refractivity contribution in [1.82, 2.24) is 10.1 Å². The van der Waals surface area contributed by atoms with Crippen molar-refractivity contribution in [3.05, 3.63) is 57.2 Å². The summed E-state index contributed by atoms with van der Waals surface area (Å²) in [7, 11) is 0. The number of hydrogen-bond acceptors (Lipinski definition) is 4. The zero-order valence-corrected chi connectivity index (χ0v) is 14.1. The van der Waals surface area contributed by atoms with Crippen LogP contribution in [0.2, 0.25) is 0 Å². The highest BCUT2D eigenvalue weighted by molar-refractivity contribution is 6.06. The molecule has 3 rings (SSSR count). The normalized spacial score (nSPS) is 11.2. The Morgan fingerprint density at radius 2 is 2.00 bits per heavy atom. The zero-order chi connectivity index (χ0) is 17.4. The number of amides is 1. The Balaban J connectivity index is 1.95. The molecule has 2 heterocycles. The number of nitrogens with one attached hydrogen (secondary N) is 2. The molecule has 24 heavy (non-hydrogen) atoms. The van der Waals surface area contributed by atoms with Gasteiger partial charge in [-0.2, -0.15) is 0 Å². The quantitative estimate of drug-likeness (QED) is 0.771. The number of fused-ring (bicyclic) bond motifs is 1. The molecular formula is C18H19N3O3. The van der Waals surface area contributed by atoms with Crippen molar-refractivity contribution in [3.8, 4) is 0 Å². The number of pyridine rings is 1. The second-order valence-electron chi connectivity index (χ2n) is 6.20. The van der Waals surface area contributed by atoms with E-state index in [1.807, 2.05) is 26.0 Å². The fourth-order valence-electron chi connectivity index (χ4n) is 2.64. The highest BCUT2D eigenvalue weighted by atomic mass is 16.5. The van der Waals surface area contributed by atoms with Gasteiger partial charge in [-0.25, -0.2) is 0 Å². The highest BCUT2D eigenvalue weighted by Crippen LogP contribution is 2.24. The fourth-order valence-corrected chi connectivity index (χ4v) is 2.64. The number of benzene rings is 1. The minimum Gasteiger partial charge on any atom is -0.360 e. The first-order valence-corrected chi connectivity index (χ1v) is 7.78. The summed E-state index contributed by atoms with van der Waals surface area (Å²) >= 11 is 0. The third-order valence-corrected chi connectivity index (χ3v) is 3.93. The van der Waals surface area contributed by atoms with Gasteiger partial charge in [0.05, 0.1) is 11.2 Å². The molecule has 6 nitrogen and oxygen atoms in total. The van der Waals surface area contributed by atoms with E-state index in [0.717, 1.165) is 5.39 Å². The van der Waals surface area contributed by atoms with Gasteiger partial charge in [0.15, 0.2) is 5.76 Å². The summed E-state index contributed by atoms with van der Waals surface area (Å²) in [6.45, 7) is 7.39. The molecule has 1 amide bonds. The summed E-state index contributed by atoms with van der Waals surface area (Å²) in [6, 6.07) is 7.22. The van der Waals surface area contributed by atoms with Crippen molar-refractivity contribution >= 4 is 22.5 Å². The predicted octanol–water partition coefficient (Wildman–Crippen LogP) is 3.51. The molecule has 124 valence electrons. The number of anilines is 1. The molecule has 0 atom stereocenters. The lowest BCUT2D eigenvalue weighted by molar-refractivity contribution is 0.102. The number of carbonyl (C=O) groups excluding carboxylic acids is 1. The SMILES string of the molecule is Cc1noc(C(C)C)c1C(=O)Nc1ccc2cc(C)c(=O)[nH]c2c1. The Morgan fingerprint density at radius 1 is 1.25 bits per heavy atom. The zero-order valence-electron chi connectivity index (χ0n) is 14.1. The lowest BCUT2D eigenvalue weighted by Crippen LogP contribution is -2.15. The summed E-state index contributed by atoms with van der Waals surface area (Å²) in [6.07, 6.45) is 0. The molecule has 0 aliphatic heterocycles. The summed E-state index contributed by atoms with van der Waals surface area (Å²) < 4.78 is 5.26. The van der Waals surface area contributed by atoms with Gasteiger partial charge in [-0.3, -0.25) is 9.59 Å². The van der Waals surface area contributed by atoms with Crippen molar-refractivity contribution < 1.29 is 9.32 Å². The van der Waals surface area contributed by atoms with Crippen LogP contribution in [0.3, 0.4) is 0 Å². The Bertz CT molecular complexity index is 983. The van der Waals surface area contributed by atoms with E-state index in [9.17, 15) is 9.59 Å². The monoisotopic (exact) mass is 325 g/mol. The Kier molecular flexibility index (Phi) is 3.97. The molecule has 0 spiro atoms. The molecular weight excluding hydrogens is 306 g/mol. The van der Waals surface area contributed by atoms with E-state index in [1.165, 1.54) is 0 Å². The van der Waals surface area contributed by atoms with Gasteiger partial charge in [-0.1, -0.05) is 25.1 Å².